The average molecular weight is 372 g/mol. The van der Waals surface area contributed by atoms with E-state index in [9.17, 15) is 9.18 Å². The van der Waals surface area contributed by atoms with Gasteiger partial charge >= 0.3 is 6.01 Å². The number of piperidine rings is 1. The number of carbonyl (C=O) groups excluding carboxylic acids is 1. The van der Waals surface area contributed by atoms with Crippen molar-refractivity contribution < 1.29 is 13.6 Å². The summed E-state index contributed by atoms with van der Waals surface area (Å²) in [5, 5.41) is 10.9. The molecule has 2 aliphatic carbocycles. The number of rotatable bonds is 4. The smallest absolute Gasteiger partial charge is 0.315 e. The fourth-order valence-corrected chi connectivity index (χ4v) is 3.39. The van der Waals surface area contributed by atoms with Crippen molar-refractivity contribution in [2.45, 2.75) is 44.4 Å². The van der Waals surface area contributed by atoms with Crippen LogP contribution in [0.3, 0.4) is 0 Å². The van der Waals surface area contributed by atoms with Gasteiger partial charge in [0.25, 0.3) is 0 Å². The molecule has 1 spiro atoms. The monoisotopic (exact) mass is 372 g/mol. The van der Waals surface area contributed by atoms with E-state index < -0.39 is 0 Å². The minimum Gasteiger partial charge on any atom is -0.408 e. The molecular formula is C20H25FN4O2. The summed E-state index contributed by atoms with van der Waals surface area (Å²) in [6.07, 6.45) is 7.33. The third-order valence-corrected chi connectivity index (χ3v) is 5.63. The van der Waals surface area contributed by atoms with Crippen LogP contribution in [0, 0.1) is 11.2 Å². The van der Waals surface area contributed by atoms with Crippen molar-refractivity contribution >= 4 is 11.9 Å². The van der Waals surface area contributed by atoms with Gasteiger partial charge in [0.05, 0.1) is 6.54 Å². The zero-order chi connectivity index (χ0) is 18.7. The topological polar surface area (TPSA) is 71.3 Å². The second kappa shape index (κ2) is 7.66. The molecule has 1 saturated heterocycles. The van der Waals surface area contributed by atoms with Crippen molar-refractivity contribution in [3.63, 3.8) is 0 Å². The zero-order valence-electron chi connectivity index (χ0n) is 15.4. The Morgan fingerprint density at radius 3 is 2.41 bits per heavy atom. The van der Waals surface area contributed by atoms with E-state index in [0.29, 0.717) is 23.2 Å². The van der Waals surface area contributed by atoms with Crippen molar-refractivity contribution in [1.29, 1.82) is 0 Å². The van der Waals surface area contributed by atoms with E-state index >= 15 is 0 Å². The summed E-state index contributed by atoms with van der Waals surface area (Å²) in [5.41, 5.74) is 0.607. The van der Waals surface area contributed by atoms with Gasteiger partial charge in [0, 0.05) is 19.0 Å². The Bertz CT molecular complexity index is 761. The summed E-state index contributed by atoms with van der Waals surface area (Å²) in [6, 6.07) is 8.31. The van der Waals surface area contributed by atoms with Crippen LogP contribution in [0.2, 0.25) is 0 Å². The Morgan fingerprint density at radius 2 is 1.85 bits per heavy atom. The van der Waals surface area contributed by atoms with E-state index in [1.54, 1.807) is 18.2 Å². The Labute approximate surface area is 158 Å². The second-order valence-corrected chi connectivity index (χ2v) is 7.75. The lowest BCUT2D eigenvalue weighted by Gasteiger charge is -2.32. The molecule has 5 rings (SSSR count). The predicted molar refractivity (Wildman–Crippen MR) is 98.6 cm³/mol. The Balaban J connectivity index is 0.000000218. The lowest BCUT2D eigenvalue weighted by Crippen LogP contribution is -2.41. The minimum atomic E-state index is -0.178. The quantitative estimate of drug-likeness (QED) is 0.888. The van der Waals surface area contributed by atoms with E-state index in [1.807, 2.05) is 4.90 Å². The molecule has 6 nitrogen and oxygen atoms in total. The Morgan fingerprint density at radius 1 is 1.15 bits per heavy atom. The maximum absolute atomic E-state index is 12.1. The summed E-state index contributed by atoms with van der Waals surface area (Å²) < 4.78 is 17.4. The van der Waals surface area contributed by atoms with Gasteiger partial charge in [0.1, 0.15) is 5.82 Å². The second-order valence-electron chi connectivity index (χ2n) is 7.75. The number of carbonyl (C=O) groups is 1. The van der Waals surface area contributed by atoms with E-state index in [4.69, 9.17) is 4.42 Å². The molecule has 0 bridgehead atoms. The summed E-state index contributed by atoms with van der Waals surface area (Å²) in [7, 11) is 0. The van der Waals surface area contributed by atoms with Gasteiger partial charge in [-0.05, 0) is 56.1 Å². The highest BCUT2D eigenvalue weighted by Crippen LogP contribution is 2.53. The zero-order valence-corrected chi connectivity index (χ0v) is 15.4. The lowest BCUT2D eigenvalue weighted by molar-refractivity contribution is -0.130. The maximum atomic E-state index is 12.1. The molecule has 27 heavy (non-hydrogen) atoms. The number of amides is 1. The molecule has 3 fully saturated rings. The van der Waals surface area contributed by atoms with Crippen molar-refractivity contribution in [1.82, 2.24) is 15.1 Å². The first-order valence-electron chi connectivity index (χ1n) is 9.69. The van der Waals surface area contributed by atoms with Gasteiger partial charge in [-0.15, -0.1) is 5.10 Å². The molecule has 1 amide bonds. The van der Waals surface area contributed by atoms with Gasteiger partial charge in [-0.25, -0.2) is 4.39 Å². The van der Waals surface area contributed by atoms with Gasteiger partial charge in [0.15, 0.2) is 0 Å². The third-order valence-electron chi connectivity index (χ3n) is 5.63. The molecule has 3 aliphatic rings. The number of nitrogens with one attached hydrogen (secondary N) is 1. The number of hydrogen-bond donors (Lipinski definition) is 1. The van der Waals surface area contributed by atoms with Gasteiger partial charge in [-0.2, -0.15) is 0 Å². The highest BCUT2D eigenvalue weighted by atomic mass is 19.1. The van der Waals surface area contributed by atoms with Crippen molar-refractivity contribution in [3.05, 3.63) is 42.0 Å². The molecule has 0 radical (unpaired) electrons. The van der Waals surface area contributed by atoms with Gasteiger partial charge in [-0.3, -0.25) is 4.79 Å². The number of hydrogen-bond acceptors (Lipinski definition) is 5. The van der Waals surface area contributed by atoms with Gasteiger partial charge in [-0.1, -0.05) is 23.3 Å². The number of aromatic nitrogens is 2. The summed E-state index contributed by atoms with van der Waals surface area (Å²) in [6.45, 7) is 2.05. The maximum Gasteiger partial charge on any atom is 0.315 e. The highest BCUT2D eigenvalue weighted by molar-refractivity contribution is 5.80. The third kappa shape index (κ3) is 4.84. The normalized spacial score (nSPS) is 20.0. The van der Waals surface area contributed by atoms with Crippen LogP contribution in [0.15, 0.2) is 34.7 Å². The first-order valence-corrected chi connectivity index (χ1v) is 9.69. The van der Waals surface area contributed by atoms with E-state index in [2.05, 4.69) is 15.5 Å². The van der Waals surface area contributed by atoms with Gasteiger partial charge < -0.3 is 14.6 Å². The van der Waals surface area contributed by atoms with Crippen molar-refractivity contribution in [2.75, 3.05) is 25.0 Å². The standard InChI is InChI=1S/C14H20N4O2.C6H5F/c19-11(18-7-5-14(3-4-14)6-8-18)9-15-13-17-16-12(20-13)10-1-2-10;7-6-4-2-1-3-5-6/h10H,1-9H2,(H,15,17);1-5H. The average Bonchev–Trinajstić information content (AvgIpc) is 3.62. The molecule has 0 atom stereocenters. The number of anilines is 1. The SMILES string of the molecule is Fc1ccccc1.O=C(CNc1nnc(C2CC2)o1)N1CCC2(CC1)CC2. The minimum absolute atomic E-state index is 0.131. The Hall–Kier alpha value is -2.44. The van der Waals surface area contributed by atoms with Crippen LogP contribution in [-0.4, -0.2) is 40.6 Å². The fourth-order valence-electron chi connectivity index (χ4n) is 3.39. The van der Waals surface area contributed by atoms with Gasteiger partial charge in [0.2, 0.25) is 11.8 Å². The molecule has 1 aromatic heterocycles. The number of benzene rings is 1. The molecule has 144 valence electrons. The number of nitrogens with zero attached hydrogens (tertiary/aromatic N) is 3. The van der Waals surface area contributed by atoms with Crippen LogP contribution in [-0.2, 0) is 4.79 Å². The van der Waals surface area contributed by atoms with Crippen molar-refractivity contribution in [3.8, 4) is 0 Å². The number of halogens is 1. The molecule has 2 aromatic rings. The summed E-state index contributed by atoms with van der Waals surface area (Å²) >= 11 is 0. The molecule has 0 unspecified atom stereocenters. The molecular weight excluding hydrogens is 347 g/mol. The van der Waals surface area contributed by atoms with Crippen LogP contribution >= 0.6 is 0 Å². The van der Waals surface area contributed by atoms with Crippen LogP contribution in [0.4, 0.5) is 10.4 Å². The van der Waals surface area contributed by atoms with E-state index in [1.165, 1.54) is 37.8 Å². The molecule has 1 aromatic carbocycles. The first-order chi connectivity index (χ1) is 13.1. The Kier molecular flexibility index (Phi) is 5.09. The summed E-state index contributed by atoms with van der Waals surface area (Å²) in [4.78, 5) is 14.1. The van der Waals surface area contributed by atoms with Crippen LogP contribution in [0.1, 0.15) is 50.3 Å². The molecule has 1 N–H and O–H groups in total. The summed E-state index contributed by atoms with van der Waals surface area (Å²) in [5.74, 6) is 1.10. The first kappa shape index (κ1) is 17.9. The van der Waals surface area contributed by atoms with Crippen LogP contribution in [0.5, 0.6) is 0 Å². The largest absolute Gasteiger partial charge is 0.408 e. The number of likely N-dealkylation sites (tertiary alicyclic amines) is 1. The predicted octanol–water partition coefficient (Wildman–Crippen LogP) is 3.59. The molecule has 2 saturated carbocycles. The molecule has 2 heterocycles. The molecule has 7 heteroatoms. The van der Waals surface area contributed by atoms with Crippen molar-refractivity contribution in [2.24, 2.45) is 5.41 Å². The van der Waals surface area contributed by atoms with E-state index in [0.717, 1.165) is 25.9 Å². The van der Waals surface area contributed by atoms with Crippen LogP contribution in [0.25, 0.3) is 0 Å². The van der Waals surface area contributed by atoms with Crippen LogP contribution < -0.4 is 5.32 Å². The highest BCUT2D eigenvalue weighted by Gasteiger charge is 2.45. The molecule has 1 aliphatic heterocycles. The fraction of sp³-hybridized carbons (Fsp3) is 0.550. The van der Waals surface area contributed by atoms with E-state index in [-0.39, 0.29) is 18.3 Å². The lowest BCUT2D eigenvalue weighted by atomic mass is 9.94.